The fourth-order valence-electron chi connectivity index (χ4n) is 5.54. The van der Waals surface area contributed by atoms with Gasteiger partial charge in [-0.2, -0.15) is 0 Å². The summed E-state index contributed by atoms with van der Waals surface area (Å²) >= 11 is 1.43. The molecule has 4 aliphatic carbocycles. The zero-order valence-corrected chi connectivity index (χ0v) is 14.8. The van der Waals surface area contributed by atoms with Crippen LogP contribution in [0.15, 0.2) is 30.3 Å². The van der Waals surface area contributed by atoms with Crippen LogP contribution in [0.3, 0.4) is 0 Å². The Morgan fingerprint density at radius 3 is 2.12 bits per heavy atom. The highest BCUT2D eigenvalue weighted by atomic mass is 32.2. The maximum absolute atomic E-state index is 12.4. The van der Waals surface area contributed by atoms with Gasteiger partial charge in [-0.3, -0.25) is 9.59 Å². The van der Waals surface area contributed by atoms with Crippen LogP contribution in [-0.4, -0.2) is 28.7 Å². The Morgan fingerprint density at radius 1 is 0.958 bits per heavy atom. The van der Waals surface area contributed by atoms with E-state index in [4.69, 9.17) is 0 Å². The van der Waals surface area contributed by atoms with Gasteiger partial charge in [0, 0.05) is 11.1 Å². The molecule has 1 aromatic carbocycles. The Labute approximate surface area is 148 Å². The molecule has 0 heterocycles. The highest BCUT2D eigenvalue weighted by Crippen LogP contribution is 2.55. The van der Waals surface area contributed by atoms with Crippen molar-refractivity contribution in [1.82, 2.24) is 5.32 Å². The molecule has 1 aromatic rings. The van der Waals surface area contributed by atoms with E-state index in [1.54, 1.807) is 0 Å². The summed E-state index contributed by atoms with van der Waals surface area (Å²) in [4.78, 5) is 24.5. The summed E-state index contributed by atoms with van der Waals surface area (Å²) in [6.45, 7) is 0. The second-order valence-corrected chi connectivity index (χ2v) is 9.01. The van der Waals surface area contributed by atoms with E-state index in [1.165, 1.54) is 50.3 Å². The number of hydrogen-bond donors (Lipinski definition) is 1. The molecule has 128 valence electrons. The molecule has 1 N–H and O–H groups in total. The molecule has 4 saturated carbocycles. The zero-order chi connectivity index (χ0) is 16.6. The van der Waals surface area contributed by atoms with Gasteiger partial charge in [-0.1, -0.05) is 30.3 Å². The maximum Gasteiger partial charge on any atom is 0.230 e. The third-order valence-corrected chi connectivity index (χ3v) is 6.94. The normalized spacial score (nSPS) is 33.4. The predicted octanol–water partition coefficient (Wildman–Crippen LogP) is 3.69. The topological polar surface area (TPSA) is 46.2 Å². The Hall–Kier alpha value is -1.29. The molecular formula is C20H25NO2S. The van der Waals surface area contributed by atoms with Gasteiger partial charge in [-0.15, -0.1) is 11.8 Å². The average molecular weight is 343 g/mol. The van der Waals surface area contributed by atoms with Crippen LogP contribution >= 0.6 is 11.8 Å². The molecule has 0 saturated heterocycles. The Morgan fingerprint density at radius 2 is 1.54 bits per heavy atom. The van der Waals surface area contributed by atoms with E-state index >= 15 is 0 Å². The van der Waals surface area contributed by atoms with Crippen LogP contribution in [-0.2, 0) is 4.79 Å². The summed E-state index contributed by atoms with van der Waals surface area (Å²) < 4.78 is 0. The lowest BCUT2D eigenvalue weighted by Gasteiger charge is -2.56. The molecule has 4 fully saturated rings. The lowest BCUT2D eigenvalue weighted by atomic mass is 9.53. The van der Waals surface area contributed by atoms with Gasteiger partial charge in [0.15, 0.2) is 5.78 Å². The molecular weight excluding hydrogens is 318 g/mol. The zero-order valence-electron chi connectivity index (χ0n) is 14.0. The number of benzene rings is 1. The van der Waals surface area contributed by atoms with Crippen molar-refractivity contribution in [1.29, 1.82) is 0 Å². The molecule has 0 spiro atoms. The lowest BCUT2D eigenvalue weighted by Crippen LogP contribution is -2.60. The SMILES string of the molecule is O=C(CSCC(=O)c1ccccc1)NC12CC3CC(CC(C3)C1)C2. The van der Waals surface area contributed by atoms with Crippen molar-refractivity contribution in [3.05, 3.63) is 35.9 Å². The van der Waals surface area contributed by atoms with Crippen molar-refractivity contribution in [3.8, 4) is 0 Å². The summed E-state index contributed by atoms with van der Waals surface area (Å²) in [5, 5.41) is 3.37. The van der Waals surface area contributed by atoms with Gasteiger partial charge in [0.25, 0.3) is 0 Å². The number of thioether (sulfide) groups is 1. The van der Waals surface area contributed by atoms with E-state index in [0.717, 1.165) is 23.3 Å². The van der Waals surface area contributed by atoms with Crippen molar-refractivity contribution < 1.29 is 9.59 Å². The van der Waals surface area contributed by atoms with Crippen LogP contribution < -0.4 is 5.32 Å². The number of ketones is 1. The van der Waals surface area contributed by atoms with Crippen LogP contribution in [0, 0.1) is 17.8 Å². The van der Waals surface area contributed by atoms with Crippen LogP contribution in [0.25, 0.3) is 0 Å². The van der Waals surface area contributed by atoms with Crippen molar-refractivity contribution in [2.75, 3.05) is 11.5 Å². The first kappa shape index (κ1) is 16.2. The van der Waals surface area contributed by atoms with Crippen LogP contribution in [0.4, 0.5) is 0 Å². The first-order valence-corrected chi connectivity index (χ1v) is 10.2. The van der Waals surface area contributed by atoms with Crippen molar-refractivity contribution in [3.63, 3.8) is 0 Å². The third-order valence-electron chi connectivity index (χ3n) is 6.00. The van der Waals surface area contributed by atoms with E-state index in [0.29, 0.717) is 11.5 Å². The molecule has 3 nitrogen and oxygen atoms in total. The van der Waals surface area contributed by atoms with Gasteiger partial charge in [0.1, 0.15) is 0 Å². The van der Waals surface area contributed by atoms with Gasteiger partial charge in [0.05, 0.1) is 11.5 Å². The molecule has 0 unspecified atom stereocenters. The number of Topliss-reactive ketones (excluding diaryl/α,β-unsaturated/α-hetero) is 1. The molecule has 4 heteroatoms. The Kier molecular flexibility index (Phi) is 4.42. The first-order valence-electron chi connectivity index (χ1n) is 9.09. The van der Waals surface area contributed by atoms with E-state index in [9.17, 15) is 9.59 Å². The molecule has 0 atom stereocenters. The quantitative estimate of drug-likeness (QED) is 0.801. The van der Waals surface area contributed by atoms with Gasteiger partial charge in [-0.25, -0.2) is 0 Å². The van der Waals surface area contributed by atoms with E-state index in [1.807, 2.05) is 30.3 Å². The monoisotopic (exact) mass is 343 g/mol. The van der Waals surface area contributed by atoms with Crippen molar-refractivity contribution in [2.24, 2.45) is 17.8 Å². The van der Waals surface area contributed by atoms with Gasteiger partial charge in [-0.05, 0) is 56.3 Å². The van der Waals surface area contributed by atoms with Crippen LogP contribution in [0.5, 0.6) is 0 Å². The second-order valence-electron chi connectivity index (χ2n) is 8.03. The van der Waals surface area contributed by atoms with Crippen molar-refractivity contribution >= 4 is 23.5 Å². The van der Waals surface area contributed by atoms with E-state index < -0.39 is 0 Å². The second kappa shape index (κ2) is 6.55. The maximum atomic E-state index is 12.4. The Bertz CT molecular complexity index is 593. The fraction of sp³-hybridized carbons (Fsp3) is 0.600. The first-order chi connectivity index (χ1) is 11.6. The number of nitrogens with one attached hydrogen (secondary N) is 1. The molecule has 4 bridgehead atoms. The number of hydrogen-bond acceptors (Lipinski definition) is 3. The molecule has 5 rings (SSSR count). The molecule has 0 radical (unpaired) electrons. The number of rotatable bonds is 6. The number of carbonyl (C=O) groups is 2. The summed E-state index contributed by atoms with van der Waals surface area (Å²) in [5.41, 5.74) is 0.807. The van der Waals surface area contributed by atoms with Gasteiger partial charge >= 0.3 is 0 Å². The highest BCUT2D eigenvalue weighted by molar-refractivity contribution is 8.00. The van der Waals surface area contributed by atoms with E-state index in [-0.39, 0.29) is 17.2 Å². The smallest absolute Gasteiger partial charge is 0.230 e. The lowest BCUT2D eigenvalue weighted by molar-refractivity contribution is -0.124. The third kappa shape index (κ3) is 3.39. The standard InChI is InChI=1S/C20H25NO2S/c22-18(17-4-2-1-3-5-17)12-24-13-19(23)21-20-9-14-6-15(10-20)8-16(7-14)11-20/h1-5,14-16H,6-13H2,(H,21,23). The predicted molar refractivity (Wildman–Crippen MR) is 97.1 cm³/mol. The average Bonchev–Trinajstić information content (AvgIpc) is 2.53. The van der Waals surface area contributed by atoms with Crippen LogP contribution in [0.1, 0.15) is 48.9 Å². The van der Waals surface area contributed by atoms with Gasteiger partial charge in [0.2, 0.25) is 5.91 Å². The summed E-state index contributed by atoms with van der Waals surface area (Å²) in [6, 6.07) is 9.31. The molecule has 1 amide bonds. The minimum atomic E-state index is 0.0792. The van der Waals surface area contributed by atoms with Gasteiger partial charge < -0.3 is 5.32 Å². The Balaban J connectivity index is 1.26. The molecule has 24 heavy (non-hydrogen) atoms. The molecule has 0 aliphatic heterocycles. The largest absolute Gasteiger partial charge is 0.350 e. The molecule has 4 aliphatic rings. The summed E-state index contributed by atoms with van der Waals surface area (Å²) in [6.07, 6.45) is 7.69. The van der Waals surface area contributed by atoms with Crippen LogP contribution in [0.2, 0.25) is 0 Å². The minimum Gasteiger partial charge on any atom is -0.350 e. The molecule has 0 aromatic heterocycles. The summed E-state index contributed by atoms with van der Waals surface area (Å²) in [7, 11) is 0. The highest BCUT2D eigenvalue weighted by Gasteiger charge is 2.51. The van der Waals surface area contributed by atoms with E-state index in [2.05, 4.69) is 5.32 Å². The van der Waals surface area contributed by atoms with Crippen molar-refractivity contribution in [2.45, 2.75) is 44.1 Å². The number of amides is 1. The number of carbonyl (C=O) groups excluding carboxylic acids is 2. The summed E-state index contributed by atoms with van der Waals surface area (Å²) in [5.74, 6) is 3.49. The fourth-order valence-corrected chi connectivity index (χ4v) is 6.25. The minimum absolute atomic E-state index is 0.0792.